The maximum Gasteiger partial charge on any atom is 0.119 e. The van der Waals surface area contributed by atoms with Crippen molar-refractivity contribution in [2.45, 2.75) is 6.54 Å². The van der Waals surface area contributed by atoms with E-state index in [-0.39, 0.29) is 0 Å². The van der Waals surface area contributed by atoms with Crippen molar-refractivity contribution in [1.29, 1.82) is 0 Å². The third kappa shape index (κ3) is 4.60. The van der Waals surface area contributed by atoms with Gasteiger partial charge in [0.1, 0.15) is 23.1 Å². The predicted molar refractivity (Wildman–Crippen MR) is 93.7 cm³/mol. The van der Waals surface area contributed by atoms with Gasteiger partial charge in [0.15, 0.2) is 0 Å². The lowest BCUT2D eigenvalue weighted by Gasteiger charge is -2.10. The number of rotatable bonds is 7. The number of nitrogens with one attached hydrogen (secondary N) is 1. The Morgan fingerprint density at radius 2 is 1.73 bits per heavy atom. The largest absolute Gasteiger partial charge is 0.497 e. The molecule has 0 aliphatic heterocycles. The second-order valence-electron chi connectivity index (χ2n) is 4.65. The monoisotopic (exact) mass is 313 g/mol. The maximum absolute atomic E-state index is 5.45. The first-order valence-corrected chi connectivity index (χ1v) is 7.38. The van der Waals surface area contributed by atoms with Crippen molar-refractivity contribution in [3.05, 3.63) is 72.3 Å². The van der Waals surface area contributed by atoms with E-state index < -0.39 is 0 Å². The van der Waals surface area contributed by atoms with Gasteiger partial charge in [0.05, 0.1) is 7.11 Å². The van der Waals surface area contributed by atoms with Crippen molar-refractivity contribution in [2.75, 3.05) is 13.7 Å². The molecule has 0 saturated carbocycles. The van der Waals surface area contributed by atoms with Gasteiger partial charge in [-0.1, -0.05) is 37.0 Å². The quantitative estimate of drug-likeness (QED) is 0.623. The summed E-state index contributed by atoms with van der Waals surface area (Å²) < 4.78 is 10.6. The fraction of sp³-hybridized carbons (Fsp3) is 0.167. The second kappa shape index (κ2) is 8.20. The first-order valence-electron chi connectivity index (χ1n) is 6.98. The van der Waals surface area contributed by atoms with E-state index in [1.165, 1.54) is 0 Å². The lowest BCUT2D eigenvalue weighted by atomic mass is 10.2. The molecule has 0 fully saturated rings. The van der Waals surface area contributed by atoms with Crippen LogP contribution < -0.4 is 14.8 Å². The average molecular weight is 313 g/mol. The molecule has 0 saturated heterocycles. The van der Waals surface area contributed by atoms with Crippen molar-refractivity contribution in [1.82, 2.24) is 5.32 Å². The van der Waals surface area contributed by atoms with E-state index in [2.05, 4.69) is 11.9 Å². The Morgan fingerprint density at radius 1 is 1.09 bits per heavy atom. The normalized spacial score (nSPS) is 9.86. The van der Waals surface area contributed by atoms with Gasteiger partial charge in [0.2, 0.25) is 0 Å². The van der Waals surface area contributed by atoms with Crippen LogP contribution in [0, 0.1) is 0 Å². The van der Waals surface area contributed by atoms with E-state index in [9.17, 15) is 0 Å². The zero-order chi connectivity index (χ0) is 15.8. The molecule has 0 aromatic heterocycles. The van der Waals surface area contributed by atoms with E-state index >= 15 is 0 Å². The molecule has 0 aliphatic rings. The SMILES string of the molecule is C=CCOc1ccc(C(=S)NCc2ccc(OC)cc2)cc1. The molecule has 1 N–H and O–H groups in total. The first-order chi connectivity index (χ1) is 10.7. The van der Waals surface area contributed by atoms with Crippen molar-refractivity contribution in [3.63, 3.8) is 0 Å². The zero-order valence-corrected chi connectivity index (χ0v) is 13.4. The Labute approximate surface area is 136 Å². The molecular weight excluding hydrogens is 294 g/mol. The zero-order valence-electron chi connectivity index (χ0n) is 12.5. The second-order valence-corrected chi connectivity index (χ2v) is 5.06. The molecule has 0 spiro atoms. The summed E-state index contributed by atoms with van der Waals surface area (Å²) in [5.41, 5.74) is 2.11. The molecule has 2 aromatic rings. The van der Waals surface area contributed by atoms with Crippen LogP contribution in [0.15, 0.2) is 61.2 Å². The minimum absolute atomic E-state index is 0.500. The summed E-state index contributed by atoms with van der Waals surface area (Å²) in [7, 11) is 1.66. The number of methoxy groups -OCH3 is 1. The third-order valence-electron chi connectivity index (χ3n) is 3.10. The van der Waals surface area contributed by atoms with Gasteiger partial charge >= 0.3 is 0 Å². The van der Waals surface area contributed by atoms with Crippen LogP contribution in [0.2, 0.25) is 0 Å². The predicted octanol–water partition coefficient (Wildman–Crippen LogP) is 3.73. The Kier molecular flexibility index (Phi) is 5.98. The van der Waals surface area contributed by atoms with Gasteiger partial charge in [-0.15, -0.1) is 0 Å². The summed E-state index contributed by atoms with van der Waals surface area (Å²) in [6.45, 7) is 4.80. The van der Waals surface area contributed by atoms with E-state index in [0.717, 1.165) is 22.6 Å². The van der Waals surface area contributed by atoms with Gasteiger partial charge in [-0.05, 0) is 42.0 Å². The lowest BCUT2D eigenvalue weighted by Crippen LogP contribution is -2.21. The molecule has 3 nitrogen and oxygen atoms in total. The van der Waals surface area contributed by atoms with Crippen LogP contribution in [0.4, 0.5) is 0 Å². The van der Waals surface area contributed by atoms with Crippen LogP contribution in [0.25, 0.3) is 0 Å². The highest BCUT2D eigenvalue weighted by Crippen LogP contribution is 2.14. The van der Waals surface area contributed by atoms with Crippen LogP contribution in [0.3, 0.4) is 0 Å². The fourth-order valence-corrected chi connectivity index (χ4v) is 2.09. The van der Waals surface area contributed by atoms with Gasteiger partial charge in [0, 0.05) is 12.1 Å². The molecule has 0 atom stereocenters. The lowest BCUT2D eigenvalue weighted by molar-refractivity contribution is 0.363. The highest BCUT2D eigenvalue weighted by Gasteiger charge is 2.02. The van der Waals surface area contributed by atoms with E-state index in [1.54, 1.807) is 13.2 Å². The Morgan fingerprint density at radius 3 is 2.32 bits per heavy atom. The van der Waals surface area contributed by atoms with E-state index in [4.69, 9.17) is 21.7 Å². The van der Waals surface area contributed by atoms with Gasteiger partial charge in [-0.3, -0.25) is 0 Å². The number of ether oxygens (including phenoxy) is 2. The number of hydrogen-bond donors (Lipinski definition) is 1. The molecule has 2 rings (SSSR count). The van der Waals surface area contributed by atoms with E-state index in [0.29, 0.717) is 18.1 Å². The summed E-state index contributed by atoms with van der Waals surface area (Å²) >= 11 is 5.41. The van der Waals surface area contributed by atoms with Crippen LogP contribution in [0.1, 0.15) is 11.1 Å². The van der Waals surface area contributed by atoms with Crippen molar-refractivity contribution >= 4 is 17.2 Å². The summed E-state index contributed by atoms with van der Waals surface area (Å²) in [4.78, 5) is 0.714. The molecule has 4 heteroatoms. The van der Waals surface area contributed by atoms with Crippen molar-refractivity contribution in [2.24, 2.45) is 0 Å². The molecule has 0 heterocycles. The van der Waals surface area contributed by atoms with Gasteiger partial charge in [0.25, 0.3) is 0 Å². The van der Waals surface area contributed by atoms with Crippen LogP contribution in [0.5, 0.6) is 11.5 Å². The Hall–Kier alpha value is -2.33. The summed E-state index contributed by atoms with van der Waals surface area (Å²) in [5, 5.41) is 3.25. The molecule has 0 radical (unpaired) electrons. The number of hydrogen-bond acceptors (Lipinski definition) is 3. The van der Waals surface area contributed by atoms with Gasteiger partial charge < -0.3 is 14.8 Å². The smallest absolute Gasteiger partial charge is 0.119 e. The maximum atomic E-state index is 5.45. The van der Waals surface area contributed by atoms with E-state index in [1.807, 2.05) is 48.5 Å². The molecule has 0 unspecified atom stereocenters. The molecule has 0 bridgehead atoms. The minimum atomic E-state index is 0.500. The van der Waals surface area contributed by atoms with Crippen molar-refractivity contribution in [3.8, 4) is 11.5 Å². The minimum Gasteiger partial charge on any atom is -0.497 e. The molecular formula is C18H19NO2S. The first kappa shape index (κ1) is 16.0. The number of thiocarbonyl (C=S) groups is 1. The molecule has 114 valence electrons. The Bertz CT molecular complexity index is 621. The number of benzene rings is 2. The molecule has 2 aromatic carbocycles. The highest BCUT2D eigenvalue weighted by molar-refractivity contribution is 7.80. The topological polar surface area (TPSA) is 30.5 Å². The summed E-state index contributed by atoms with van der Waals surface area (Å²) in [6.07, 6.45) is 1.72. The van der Waals surface area contributed by atoms with Gasteiger partial charge in [-0.2, -0.15) is 0 Å². The Balaban J connectivity index is 1.89. The third-order valence-corrected chi connectivity index (χ3v) is 3.48. The summed E-state index contributed by atoms with van der Waals surface area (Å²) in [5.74, 6) is 1.66. The average Bonchev–Trinajstić information content (AvgIpc) is 2.58. The fourth-order valence-electron chi connectivity index (χ4n) is 1.89. The van der Waals surface area contributed by atoms with Crippen LogP contribution in [-0.4, -0.2) is 18.7 Å². The molecule has 0 aliphatic carbocycles. The summed E-state index contributed by atoms with van der Waals surface area (Å²) in [6, 6.07) is 15.6. The molecule has 0 amide bonds. The van der Waals surface area contributed by atoms with Crippen LogP contribution >= 0.6 is 12.2 Å². The van der Waals surface area contributed by atoms with Crippen LogP contribution in [-0.2, 0) is 6.54 Å². The standard InChI is InChI=1S/C18H19NO2S/c1-3-12-21-17-10-6-15(7-11-17)18(22)19-13-14-4-8-16(20-2)9-5-14/h3-11H,1,12-13H2,2H3,(H,19,22). The highest BCUT2D eigenvalue weighted by atomic mass is 32.1. The van der Waals surface area contributed by atoms with Crippen molar-refractivity contribution < 1.29 is 9.47 Å². The van der Waals surface area contributed by atoms with Gasteiger partial charge in [-0.25, -0.2) is 0 Å². The molecule has 22 heavy (non-hydrogen) atoms.